The first-order valence-corrected chi connectivity index (χ1v) is 13.9. The summed E-state index contributed by atoms with van der Waals surface area (Å²) in [6.07, 6.45) is 1.34. The molecule has 0 amide bonds. The normalized spacial score (nSPS) is 23.5. The zero-order chi connectivity index (χ0) is 27.2. The Morgan fingerprint density at radius 3 is 2.67 bits per heavy atom. The van der Waals surface area contributed by atoms with Crippen LogP contribution in [0.4, 0.5) is 4.39 Å². The van der Waals surface area contributed by atoms with Gasteiger partial charge in [-0.15, -0.1) is 0 Å². The molecule has 7 rings (SSSR count). The highest BCUT2D eigenvalue weighted by molar-refractivity contribution is 5.77. The van der Waals surface area contributed by atoms with Gasteiger partial charge in [0.2, 0.25) is 5.88 Å². The van der Waals surface area contributed by atoms with E-state index in [9.17, 15) is 4.39 Å². The molecule has 3 aliphatic rings. The van der Waals surface area contributed by atoms with Crippen molar-refractivity contribution >= 4 is 11.0 Å². The number of pyridine rings is 1. The Bertz CT molecular complexity index is 1600. The molecule has 1 saturated carbocycles. The number of halogens is 1. The number of fused-ring (bicyclic) bond motifs is 2. The molecule has 4 atom stereocenters. The van der Waals surface area contributed by atoms with Crippen molar-refractivity contribution < 1.29 is 13.9 Å². The molecule has 2 aromatic carbocycles. The van der Waals surface area contributed by atoms with Gasteiger partial charge in [-0.25, -0.2) is 14.4 Å². The summed E-state index contributed by atoms with van der Waals surface area (Å²) < 4.78 is 28.1. The number of hydrogen-bond donors (Lipinski definition) is 1. The predicted octanol–water partition coefficient (Wildman–Crippen LogP) is 4.11. The van der Waals surface area contributed by atoms with Crippen LogP contribution in [-0.2, 0) is 31.0 Å². The van der Waals surface area contributed by atoms with Gasteiger partial charge in [0.15, 0.2) is 0 Å². The lowest BCUT2D eigenvalue weighted by atomic mass is 10.1. The van der Waals surface area contributed by atoms with E-state index in [0.717, 1.165) is 67.3 Å². The number of nitrogens with zero attached hydrogens (tertiary/aromatic N) is 5. The molecule has 40 heavy (non-hydrogen) atoms. The molecule has 2 saturated heterocycles. The summed E-state index contributed by atoms with van der Waals surface area (Å²) in [6.45, 7) is 5.08. The highest BCUT2D eigenvalue weighted by Crippen LogP contribution is 2.58. The largest absolute Gasteiger partial charge is 0.473 e. The summed E-state index contributed by atoms with van der Waals surface area (Å²) in [5.41, 5.74) is 10.9. The van der Waals surface area contributed by atoms with Crippen molar-refractivity contribution in [1.82, 2.24) is 19.4 Å². The third-order valence-corrected chi connectivity index (χ3v) is 8.59. The summed E-state index contributed by atoms with van der Waals surface area (Å²) >= 11 is 0. The summed E-state index contributed by atoms with van der Waals surface area (Å²) in [5.74, 6) is 2.68. The van der Waals surface area contributed by atoms with E-state index in [1.807, 2.05) is 18.2 Å². The number of ether oxygens (including phenoxy) is 2. The van der Waals surface area contributed by atoms with E-state index in [1.165, 1.54) is 6.07 Å². The summed E-state index contributed by atoms with van der Waals surface area (Å²) in [7, 11) is 0. The molecule has 9 heteroatoms. The summed E-state index contributed by atoms with van der Waals surface area (Å²) in [5, 5.41) is 8.94. The van der Waals surface area contributed by atoms with Crippen LogP contribution in [0.2, 0.25) is 0 Å². The van der Waals surface area contributed by atoms with Crippen molar-refractivity contribution in [2.45, 2.75) is 44.7 Å². The van der Waals surface area contributed by atoms with E-state index in [1.54, 1.807) is 12.1 Å². The maximum Gasteiger partial charge on any atom is 0.213 e. The van der Waals surface area contributed by atoms with Gasteiger partial charge < -0.3 is 19.8 Å². The quantitative estimate of drug-likeness (QED) is 0.342. The van der Waals surface area contributed by atoms with E-state index >= 15 is 0 Å². The van der Waals surface area contributed by atoms with Crippen molar-refractivity contribution in [2.24, 2.45) is 17.6 Å². The SMILES string of the molecule is N#Cc1ccc(COc2cccc(C3[C@H]4CN(Cc5nc6ccc(CN)cc6n5C[C@@H]5CCO5)C[C@@H]34)n2)c(F)c1. The standard InChI is InChI=1S/C31H31FN6O2/c32-25-10-19(12-33)4-6-21(25)18-40-30-3-1-2-27(36-30)31-23-15-37(16-24(23)31)17-29-35-26-7-5-20(13-34)11-28(26)38(29)14-22-8-9-39-22/h1-7,10-11,22-24,31H,8-9,13-18,34H2/t22-,23-,24+,31?/m0/s1. The summed E-state index contributed by atoms with van der Waals surface area (Å²) in [4.78, 5) is 12.3. The third-order valence-electron chi connectivity index (χ3n) is 8.59. The van der Waals surface area contributed by atoms with Gasteiger partial charge >= 0.3 is 0 Å². The third kappa shape index (κ3) is 4.73. The van der Waals surface area contributed by atoms with Crippen LogP contribution in [0.5, 0.6) is 5.88 Å². The van der Waals surface area contributed by atoms with Crippen LogP contribution in [0, 0.1) is 29.0 Å². The Morgan fingerprint density at radius 2 is 1.95 bits per heavy atom. The first-order valence-electron chi connectivity index (χ1n) is 13.9. The molecule has 1 unspecified atom stereocenters. The Hall–Kier alpha value is -3.84. The van der Waals surface area contributed by atoms with Crippen LogP contribution < -0.4 is 10.5 Å². The lowest BCUT2D eigenvalue weighted by Gasteiger charge is -2.28. The molecule has 0 spiro atoms. The minimum Gasteiger partial charge on any atom is -0.473 e. The van der Waals surface area contributed by atoms with Crippen LogP contribution in [0.15, 0.2) is 54.6 Å². The highest BCUT2D eigenvalue weighted by Gasteiger charge is 2.57. The fraction of sp³-hybridized carbons (Fsp3) is 0.387. The number of rotatable bonds is 9. The number of imidazole rings is 1. The molecule has 2 aromatic heterocycles. The van der Waals surface area contributed by atoms with Gasteiger partial charge in [-0.05, 0) is 54.2 Å². The maximum atomic E-state index is 14.2. The van der Waals surface area contributed by atoms with E-state index in [2.05, 4.69) is 33.7 Å². The van der Waals surface area contributed by atoms with Crippen LogP contribution in [0.25, 0.3) is 11.0 Å². The minimum absolute atomic E-state index is 0.0684. The van der Waals surface area contributed by atoms with E-state index in [-0.39, 0.29) is 12.7 Å². The van der Waals surface area contributed by atoms with E-state index in [4.69, 9.17) is 30.4 Å². The van der Waals surface area contributed by atoms with Crippen molar-refractivity contribution in [2.75, 3.05) is 19.7 Å². The molecule has 0 radical (unpaired) electrons. The lowest BCUT2D eigenvalue weighted by Crippen LogP contribution is -2.33. The number of piperidine rings is 1. The van der Waals surface area contributed by atoms with Crippen LogP contribution in [0.1, 0.15) is 40.5 Å². The molecule has 2 N–H and O–H groups in total. The van der Waals surface area contributed by atoms with Gasteiger partial charge in [-0.1, -0.05) is 18.2 Å². The van der Waals surface area contributed by atoms with Crippen molar-refractivity contribution in [3.63, 3.8) is 0 Å². The molecule has 2 aliphatic heterocycles. The average Bonchev–Trinajstić information content (AvgIpc) is 3.27. The fourth-order valence-electron chi connectivity index (χ4n) is 6.27. The monoisotopic (exact) mass is 538 g/mol. The Morgan fingerprint density at radius 1 is 1.10 bits per heavy atom. The molecule has 4 heterocycles. The van der Waals surface area contributed by atoms with Crippen molar-refractivity contribution in [3.8, 4) is 11.9 Å². The topological polar surface area (TPSA) is 102 Å². The molecule has 204 valence electrons. The summed E-state index contributed by atoms with van der Waals surface area (Å²) in [6, 6.07) is 18.5. The average molecular weight is 539 g/mol. The second-order valence-corrected chi connectivity index (χ2v) is 11.1. The maximum absolute atomic E-state index is 14.2. The number of nitriles is 1. The fourth-order valence-corrected chi connectivity index (χ4v) is 6.27. The second-order valence-electron chi connectivity index (χ2n) is 11.1. The van der Waals surface area contributed by atoms with E-state index in [0.29, 0.717) is 41.3 Å². The molecule has 8 nitrogen and oxygen atoms in total. The van der Waals surface area contributed by atoms with Crippen LogP contribution >= 0.6 is 0 Å². The van der Waals surface area contributed by atoms with Gasteiger partial charge in [0, 0.05) is 49.5 Å². The zero-order valence-electron chi connectivity index (χ0n) is 22.2. The molecular weight excluding hydrogens is 507 g/mol. The Labute approximate surface area is 232 Å². The van der Waals surface area contributed by atoms with Crippen LogP contribution in [-0.4, -0.2) is 45.2 Å². The second kappa shape index (κ2) is 10.3. The van der Waals surface area contributed by atoms with Gasteiger partial charge in [0.05, 0.1) is 41.9 Å². The van der Waals surface area contributed by atoms with Gasteiger partial charge in [0.1, 0.15) is 18.2 Å². The minimum atomic E-state index is -0.444. The van der Waals surface area contributed by atoms with Crippen molar-refractivity contribution in [3.05, 3.63) is 88.6 Å². The van der Waals surface area contributed by atoms with Gasteiger partial charge in [-0.2, -0.15) is 5.26 Å². The van der Waals surface area contributed by atoms with Gasteiger partial charge in [0.25, 0.3) is 0 Å². The van der Waals surface area contributed by atoms with Crippen LogP contribution in [0.3, 0.4) is 0 Å². The molecular formula is C31H31FN6O2. The van der Waals surface area contributed by atoms with E-state index < -0.39 is 5.82 Å². The van der Waals surface area contributed by atoms with Gasteiger partial charge in [-0.3, -0.25) is 4.90 Å². The lowest BCUT2D eigenvalue weighted by molar-refractivity contribution is -0.0591. The molecule has 1 aliphatic carbocycles. The molecule has 3 fully saturated rings. The highest BCUT2D eigenvalue weighted by atomic mass is 19.1. The Balaban J connectivity index is 1.00. The number of aromatic nitrogens is 3. The van der Waals surface area contributed by atoms with Crippen molar-refractivity contribution in [1.29, 1.82) is 5.26 Å². The number of nitrogens with two attached hydrogens (primary N) is 1. The number of hydrogen-bond acceptors (Lipinski definition) is 7. The molecule has 4 aromatic rings. The smallest absolute Gasteiger partial charge is 0.213 e. The Kier molecular flexibility index (Phi) is 6.47. The molecule has 0 bridgehead atoms. The first kappa shape index (κ1) is 25.1. The predicted molar refractivity (Wildman–Crippen MR) is 147 cm³/mol. The zero-order valence-corrected chi connectivity index (χ0v) is 22.2. The number of likely N-dealkylation sites (tertiary alicyclic amines) is 1. The number of benzene rings is 2. The first-order chi connectivity index (χ1) is 19.6.